The minimum Gasteiger partial charge on any atom is -0.481 e. The van der Waals surface area contributed by atoms with Gasteiger partial charge in [-0.25, -0.2) is 9.07 Å². The monoisotopic (exact) mass is 415 g/mol. The quantitative estimate of drug-likeness (QED) is 0.435. The van der Waals surface area contributed by atoms with Crippen molar-refractivity contribution >= 4 is 11.7 Å². The van der Waals surface area contributed by atoms with Gasteiger partial charge >= 0.3 is 0 Å². The van der Waals surface area contributed by atoms with Crippen LogP contribution in [-0.4, -0.2) is 21.8 Å². The van der Waals surface area contributed by atoms with E-state index in [2.05, 4.69) is 10.4 Å². The number of amides is 1. The van der Waals surface area contributed by atoms with Crippen LogP contribution in [0.2, 0.25) is 0 Å². The van der Waals surface area contributed by atoms with Crippen LogP contribution in [-0.2, 0) is 4.79 Å². The van der Waals surface area contributed by atoms with E-state index in [1.807, 2.05) is 55.5 Å². The number of ether oxygens (including phenoxy) is 1. The van der Waals surface area contributed by atoms with Crippen molar-refractivity contribution in [2.45, 2.75) is 19.4 Å². The molecule has 4 rings (SSSR count). The fourth-order valence-corrected chi connectivity index (χ4v) is 3.23. The fraction of sp³-hybridized carbons (Fsp3) is 0.120. The van der Waals surface area contributed by atoms with E-state index in [0.29, 0.717) is 29.2 Å². The summed E-state index contributed by atoms with van der Waals surface area (Å²) in [6.45, 7) is 1.88. The van der Waals surface area contributed by atoms with Crippen molar-refractivity contribution in [1.29, 1.82) is 0 Å². The van der Waals surface area contributed by atoms with Gasteiger partial charge in [-0.2, -0.15) is 5.10 Å². The summed E-state index contributed by atoms with van der Waals surface area (Å²) in [5.41, 5.74) is 1.53. The summed E-state index contributed by atoms with van der Waals surface area (Å²) in [6, 6.07) is 26.7. The molecule has 156 valence electrons. The van der Waals surface area contributed by atoms with Crippen LogP contribution in [0, 0.1) is 5.82 Å². The predicted molar refractivity (Wildman–Crippen MR) is 119 cm³/mol. The molecule has 0 bridgehead atoms. The van der Waals surface area contributed by atoms with Crippen molar-refractivity contribution in [3.63, 3.8) is 0 Å². The first-order chi connectivity index (χ1) is 15.2. The number of rotatable bonds is 7. The number of aromatic nitrogens is 2. The first-order valence-corrected chi connectivity index (χ1v) is 10.1. The van der Waals surface area contributed by atoms with Crippen molar-refractivity contribution < 1.29 is 13.9 Å². The minimum atomic E-state index is -0.682. The number of benzene rings is 3. The van der Waals surface area contributed by atoms with Gasteiger partial charge in [-0.3, -0.25) is 4.79 Å². The minimum absolute atomic E-state index is 0.302. The van der Waals surface area contributed by atoms with E-state index >= 15 is 0 Å². The van der Waals surface area contributed by atoms with Gasteiger partial charge in [0.2, 0.25) is 0 Å². The maximum atomic E-state index is 14.3. The SMILES string of the molecule is CC[C@H](Oc1ccccc1)C(=O)Nc1cc(-c2ccccc2F)nn1-c1ccccc1. The van der Waals surface area contributed by atoms with Crippen molar-refractivity contribution in [2.75, 3.05) is 5.32 Å². The molecule has 0 saturated heterocycles. The number of anilines is 1. The summed E-state index contributed by atoms with van der Waals surface area (Å²) in [5.74, 6) is 0.373. The van der Waals surface area contributed by atoms with Crippen LogP contribution in [0.3, 0.4) is 0 Å². The van der Waals surface area contributed by atoms with Crippen LogP contribution < -0.4 is 10.1 Å². The average molecular weight is 415 g/mol. The lowest BCUT2D eigenvalue weighted by atomic mass is 10.1. The molecule has 1 N–H and O–H groups in total. The van der Waals surface area contributed by atoms with Gasteiger partial charge in [0.05, 0.1) is 11.4 Å². The van der Waals surface area contributed by atoms with Crippen molar-refractivity contribution in [2.24, 2.45) is 0 Å². The topological polar surface area (TPSA) is 56.1 Å². The second-order valence-corrected chi connectivity index (χ2v) is 6.96. The zero-order valence-corrected chi connectivity index (χ0v) is 17.0. The number of carbonyl (C=O) groups is 1. The molecular weight excluding hydrogens is 393 g/mol. The molecule has 0 unspecified atom stereocenters. The molecule has 1 aromatic heterocycles. The Hall–Kier alpha value is -3.93. The van der Waals surface area contributed by atoms with Gasteiger partial charge in [0.15, 0.2) is 6.10 Å². The highest BCUT2D eigenvalue weighted by Gasteiger charge is 2.22. The Bertz CT molecular complexity index is 1160. The van der Waals surface area contributed by atoms with E-state index in [-0.39, 0.29) is 11.7 Å². The maximum absolute atomic E-state index is 14.3. The Morgan fingerprint density at radius 2 is 1.65 bits per heavy atom. The first kappa shape index (κ1) is 20.3. The highest BCUT2D eigenvalue weighted by atomic mass is 19.1. The molecule has 6 heteroatoms. The molecule has 0 aliphatic heterocycles. The summed E-state index contributed by atoms with van der Waals surface area (Å²) in [4.78, 5) is 13.0. The van der Waals surface area contributed by atoms with Crippen molar-refractivity contribution in [1.82, 2.24) is 9.78 Å². The summed E-state index contributed by atoms with van der Waals surface area (Å²) >= 11 is 0. The summed E-state index contributed by atoms with van der Waals surface area (Å²) < 4.78 is 21.8. The lowest BCUT2D eigenvalue weighted by Crippen LogP contribution is -2.33. The van der Waals surface area contributed by atoms with E-state index in [1.165, 1.54) is 6.07 Å². The Morgan fingerprint density at radius 1 is 1.00 bits per heavy atom. The molecule has 0 aliphatic carbocycles. The van der Waals surface area contributed by atoms with E-state index in [9.17, 15) is 9.18 Å². The van der Waals surface area contributed by atoms with Crippen molar-refractivity contribution in [3.8, 4) is 22.7 Å². The third-order valence-corrected chi connectivity index (χ3v) is 4.80. The Morgan fingerprint density at radius 3 is 2.32 bits per heavy atom. The van der Waals surface area contributed by atoms with Crippen LogP contribution in [0.15, 0.2) is 91.0 Å². The molecule has 1 amide bonds. The molecule has 4 aromatic rings. The lowest BCUT2D eigenvalue weighted by molar-refractivity contribution is -0.122. The van der Waals surface area contributed by atoms with Gasteiger partial charge in [0.1, 0.15) is 17.4 Å². The number of nitrogens with zero attached hydrogens (tertiary/aromatic N) is 2. The van der Waals surface area contributed by atoms with Crippen LogP contribution in [0.4, 0.5) is 10.2 Å². The van der Waals surface area contributed by atoms with Gasteiger partial charge in [-0.1, -0.05) is 55.5 Å². The standard InChI is InChI=1S/C25H22FN3O2/c1-2-23(31-19-13-7-4-8-14-19)25(30)27-24-17-22(20-15-9-10-16-21(20)26)28-29(24)18-11-5-3-6-12-18/h3-17,23H,2H2,1H3,(H,27,30)/t23-/m0/s1. The van der Waals surface area contributed by atoms with E-state index in [1.54, 1.807) is 41.1 Å². The van der Waals surface area contributed by atoms with Gasteiger partial charge in [-0.15, -0.1) is 0 Å². The van der Waals surface area contributed by atoms with Gasteiger partial charge in [-0.05, 0) is 42.8 Å². The zero-order chi connectivity index (χ0) is 21.6. The maximum Gasteiger partial charge on any atom is 0.266 e. The zero-order valence-electron chi connectivity index (χ0n) is 17.0. The second kappa shape index (κ2) is 9.26. The summed E-state index contributed by atoms with van der Waals surface area (Å²) in [7, 11) is 0. The average Bonchev–Trinajstić information content (AvgIpc) is 3.22. The lowest BCUT2D eigenvalue weighted by Gasteiger charge is -2.17. The third kappa shape index (κ3) is 4.64. The Labute approximate surface area is 180 Å². The number of carbonyl (C=O) groups excluding carboxylic acids is 1. The van der Waals surface area contributed by atoms with Gasteiger partial charge < -0.3 is 10.1 Å². The molecule has 1 heterocycles. The number of para-hydroxylation sites is 2. The molecular formula is C25H22FN3O2. The molecule has 0 radical (unpaired) electrons. The molecule has 3 aromatic carbocycles. The molecule has 31 heavy (non-hydrogen) atoms. The number of hydrogen-bond acceptors (Lipinski definition) is 3. The second-order valence-electron chi connectivity index (χ2n) is 6.96. The number of hydrogen-bond donors (Lipinski definition) is 1. The van der Waals surface area contributed by atoms with Crippen LogP contribution in [0.1, 0.15) is 13.3 Å². The van der Waals surface area contributed by atoms with Crippen LogP contribution in [0.25, 0.3) is 16.9 Å². The number of nitrogens with one attached hydrogen (secondary N) is 1. The molecule has 0 fully saturated rings. The van der Waals surface area contributed by atoms with Crippen LogP contribution >= 0.6 is 0 Å². The van der Waals surface area contributed by atoms with Gasteiger partial charge in [0, 0.05) is 11.6 Å². The van der Waals surface area contributed by atoms with E-state index in [0.717, 1.165) is 5.69 Å². The first-order valence-electron chi connectivity index (χ1n) is 10.1. The third-order valence-electron chi connectivity index (χ3n) is 4.80. The van der Waals surface area contributed by atoms with E-state index in [4.69, 9.17) is 4.74 Å². The summed E-state index contributed by atoms with van der Waals surface area (Å²) in [6.07, 6.45) is -0.196. The molecule has 5 nitrogen and oxygen atoms in total. The Balaban J connectivity index is 1.66. The molecule has 1 atom stereocenters. The molecule has 0 spiro atoms. The van der Waals surface area contributed by atoms with Crippen molar-refractivity contribution in [3.05, 3.63) is 96.8 Å². The molecule has 0 aliphatic rings. The summed E-state index contributed by atoms with van der Waals surface area (Å²) in [5, 5.41) is 7.46. The highest BCUT2D eigenvalue weighted by Crippen LogP contribution is 2.27. The fourth-order valence-electron chi connectivity index (χ4n) is 3.23. The normalized spacial score (nSPS) is 11.7. The van der Waals surface area contributed by atoms with E-state index < -0.39 is 6.10 Å². The molecule has 0 saturated carbocycles. The van der Waals surface area contributed by atoms with Gasteiger partial charge in [0.25, 0.3) is 5.91 Å². The largest absolute Gasteiger partial charge is 0.481 e. The Kier molecular flexibility index (Phi) is 6.08. The smallest absolute Gasteiger partial charge is 0.266 e. The number of halogens is 1. The predicted octanol–water partition coefficient (Wildman–Crippen LogP) is 5.47. The highest BCUT2D eigenvalue weighted by molar-refractivity contribution is 5.94. The van der Waals surface area contributed by atoms with Crippen LogP contribution in [0.5, 0.6) is 5.75 Å².